The predicted molar refractivity (Wildman–Crippen MR) is 40.0 cm³/mol. The van der Waals surface area contributed by atoms with Gasteiger partial charge in [0, 0.05) is 18.3 Å². The van der Waals surface area contributed by atoms with Crippen molar-refractivity contribution < 1.29 is 0 Å². The van der Waals surface area contributed by atoms with Gasteiger partial charge in [-0.3, -0.25) is 0 Å². The molecule has 2 nitrogen and oxygen atoms in total. The quantitative estimate of drug-likeness (QED) is 0.506. The lowest BCUT2D eigenvalue weighted by Crippen LogP contribution is -1.72. The number of nitrogens with zero attached hydrogens (tertiary/aromatic N) is 2. The first kappa shape index (κ1) is 6.20. The minimum absolute atomic E-state index is 0.920. The highest BCUT2D eigenvalue weighted by molar-refractivity contribution is 5.75. The summed E-state index contributed by atoms with van der Waals surface area (Å²) in [5, 5.41) is 0. The van der Waals surface area contributed by atoms with Crippen LogP contribution >= 0.6 is 0 Å². The SMILES string of the molecule is CCC1=CCC=NC=N1. The summed E-state index contributed by atoms with van der Waals surface area (Å²) in [6, 6.07) is 0. The Hall–Kier alpha value is -0.920. The minimum atomic E-state index is 0.920. The summed E-state index contributed by atoms with van der Waals surface area (Å²) in [6.45, 7) is 2.09. The lowest BCUT2D eigenvalue weighted by atomic mass is 10.3. The molecule has 1 heterocycles. The maximum atomic E-state index is 4.08. The number of hydrogen-bond acceptors (Lipinski definition) is 2. The second-order valence-corrected chi connectivity index (χ2v) is 1.86. The van der Waals surface area contributed by atoms with Crippen molar-refractivity contribution in [2.45, 2.75) is 19.8 Å². The Bertz CT molecular complexity index is 166. The Morgan fingerprint density at radius 2 is 2.56 bits per heavy atom. The van der Waals surface area contributed by atoms with Gasteiger partial charge >= 0.3 is 0 Å². The van der Waals surface area contributed by atoms with Crippen LogP contribution in [0.5, 0.6) is 0 Å². The van der Waals surface area contributed by atoms with Crippen molar-refractivity contribution in [3.8, 4) is 0 Å². The van der Waals surface area contributed by atoms with E-state index in [1.807, 2.05) is 6.21 Å². The normalized spacial score (nSPS) is 17.2. The first-order chi connectivity index (χ1) is 4.43. The van der Waals surface area contributed by atoms with Gasteiger partial charge in [-0.2, -0.15) is 0 Å². The highest BCUT2D eigenvalue weighted by Crippen LogP contribution is 2.03. The molecule has 0 amide bonds. The van der Waals surface area contributed by atoms with E-state index in [1.165, 1.54) is 0 Å². The number of hydrogen-bond donors (Lipinski definition) is 0. The van der Waals surface area contributed by atoms with Crippen molar-refractivity contribution in [1.82, 2.24) is 0 Å². The Morgan fingerprint density at radius 1 is 1.67 bits per heavy atom. The maximum Gasteiger partial charge on any atom is 0.115 e. The third-order valence-corrected chi connectivity index (χ3v) is 1.22. The zero-order valence-corrected chi connectivity index (χ0v) is 5.54. The van der Waals surface area contributed by atoms with E-state index < -0.39 is 0 Å². The van der Waals surface area contributed by atoms with Gasteiger partial charge in [0.1, 0.15) is 6.34 Å². The molecule has 1 rings (SSSR count). The number of aliphatic imine (C=N–C) groups is 2. The van der Waals surface area contributed by atoms with Crippen molar-refractivity contribution in [1.29, 1.82) is 0 Å². The highest BCUT2D eigenvalue weighted by Gasteiger charge is 1.88. The molecule has 0 fully saturated rings. The summed E-state index contributed by atoms with van der Waals surface area (Å²) in [4.78, 5) is 7.98. The van der Waals surface area contributed by atoms with Gasteiger partial charge in [0.15, 0.2) is 0 Å². The average molecular weight is 122 g/mol. The van der Waals surface area contributed by atoms with Crippen LogP contribution in [0.25, 0.3) is 0 Å². The lowest BCUT2D eigenvalue weighted by Gasteiger charge is -1.89. The van der Waals surface area contributed by atoms with E-state index >= 15 is 0 Å². The Labute approximate surface area is 55.0 Å². The van der Waals surface area contributed by atoms with Crippen molar-refractivity contribution >= 4 is 12.6 Å². The Kier molecular flexibility index (Phi) is 2.19. The van der Waals surface area contributed by atoms with E-state index in [0.29, 0.717) is 0 Å². The summed E-state index contributed by atoms with van der Waals surface area (Å²) in [6.07, 6.45) is 7.46. The summed E-state index contributed by atoms with van der Waals surface area (Å²) in [7, 11) is 0. The van der Waals surface area contributed by atoms with Gasteiger partial charge in [-0.25, -0.2) is 9.98 Å². The highest BCUT2D eigenvalue weighted by atomic mass is 14.9. The molecular weight excluding hydrogens is 112 g/mol. The molecule has 0 bridgehead atoms. The van der Waals surface area contributed by atoms with Gasteiger partial charge in [-0.15, -0.1) is 0 Å². The minimum Gasteiger partial charge on any atom is -0.249 e. The Balaban J connectivity index is 2.63. The van der Waals surface area contributed by atoms with Crippen molar-refractivity contribution in [2.24, 2.45) is 9.98 Å². The van der Waals surface area contributed by atoms with Crippen molar-refractivity contribution in [2.75, 3.05) is 0 Å². The molecule has 0 unspecified atom stereocenters. The molecule has 48 valence electrons. The number of allylic oxidation sites excluding steroid dienone is 2. The largest absolute Gasteiger partial charge is 0.249 e. The fourth-order valence-electron chi connectivity index (χ4n) is 0.693. The van der Waals surface area contributed by atoms with E-state index in [0.717, 1.165) is 18.5 Å². The molecule has 9 heavy (non-hydrogen) atoms. The van der Waals surface area contributed by atoms with E-state index in [9.17, 15) is 0 Å². The molecule has 0 saturated heterocycles. The summed E-state index contributed by atoms with van der Waals surface area (Å²) < 4.78 is 0. The van der Waals surface area contributed by atoms with Gasteiger partial charge in [0.05, 0.1) is 0 Å². The lowest BCUT2D eigenvalue weighted by molar-refractivity contribution is 1.06. The van der Waals surface area contributed by atoms with E-state index in [2.05, 4.69) is 23.0 Å². The first-order valence-electron chi connectivity index (χ1n) is 3.16. The smallest absolute Gasteiger partial charge is 0.115 e. The number of rotatable bonds is 1. The molecule has 0 saturated carbocycles. The first-order valence-corrected chi connectivity index (χ1v) is 3.16. The third-order valence-electron chi connectivity index (χ3n) is 1.22. The summed E-state index contributed by atoms with van der Waals surface area (Å²) in [5.41, 5.74) is 1.13. The molecule has 0 atom stereocenters. The molecule has 0 aromatic carbocycles. The van der Waals surface area contributed by atoms with Crippen molar-refractivity contribution in [3.63, 3.8) is 0 Å². The molecule has 0 aromatic rings. The van der Waals surface area contributed by atoms with Crippen LogP contribution in [0.1, 0.15) is 19.8 Å². The monoisotopic (exact) mass is 122 g/mol. The summed E-state index contributed by atoms with van der Waals surface area (Å²) >= 11 is 0. The van der Waals surface area contributed by atoms with Crippen molar-refractivity contribution in [3.05, 3.63) is 11.8 Å². The zero-order chi connectivity index (χ0) is 6.53. The fraction of sp³-hybridized carbons (Fsp3) is 0.429. The van der Waals surface area contributed by atoms with Crippen LogP contribution in [0.4, 0.5) is 0 Å². The topological polar surface area (TPSA) is 24.7 Å². The predicted octanol–water partition coefficient (Wildman–Crippen LogP) is 1.78. The van der Waals surface area contributed by atoms with Gasteiger partial charge < -0.3 is 0 Å². The van der Waals surface area contributed by atoms with Gasteiger partial charge in [0.2, 0.25) is 0 Å². The molecule has 0 aromatic heterocycles. The molecule has 0 radical (unpaired) electrons. The van der Waals surface area contributed by atoms with E-state index in [4.69, 9.17) is 0 Å². The van der Waals surface area contributed by atoms with Crippen LogP contribution in [0, 0.1) is 0 Å². The second-order valence-electron chi connectivity index (χ2n) is 1.86. The molecule has 0 N–H and O–H groups in total. The van der Waals surface area contributed by atoms with Gasteiger partial charge in [0.25, 0.3) is 0 Å². The zero-order valence-electron chi connectivity index (χ0n) is 5.54. The van der Waals surface area contributed by atoms with Gasteiger partial charge in [-0.05, 0) is 6.42 Å². The average Bonchev–Trinajstić information content (AvgIpc) is 2.13. The second kappa shape index (κ2) is 3.17. The fourth-order valence-corrected chi connectivity index (χ4v) is 0.693. The molecule has 2 heteroatoms. The molecule has 1 aliphatic heterocycles. The maximum absolute atomic E-state index is 4.08. The van der Waals surface area contributed by atoms with Crippen LogP contribution in [-0.2, 0) is 0 Å². The summed E-state index contributed by atoms with van der Waals surface area (Å²) in [5.74, 6) is 0. The van der Waals surface area contributed by atoms with Crippen LogP contribution in [0.15, 0.2) is 21.8 Å². The van der Waals surface area contributed by atoms with Crippen LogP contribution in [-0.4, -0.2) is 12.6 Å². The van der Waals surface area contributed by atoms with E-state index in [-0.39, 0.29) is 0 Å². The molecular formula is C7H10N2. The van der Waals surface area contributed by atoms with Crippen LogP contribution < -0.4 is 0 Å². The molecule has 1 aliphatic rings. The molecule has 0 aliphatic carbocycles. The van der Waals surface area contributed by atoms with Crippen LogP contribution in [0.3, 0.4) is 0 Å². The Morgan fingerprint density at radius 3 is 3.33 bits per heavy atom. The standard InChI is InChI=1S/C7H10N2/c1-2-7-4-3-5-8-6-9-7/h4-6H,2-3H2,1H3. The van der Waals surface area contributed by atoms with E-state index in [1.54, 1.807) is 6.34 Å². The third kappa shape index (κ3) is 1.80. The van der Waals surface area contributed by atoms with Gasteiger partial charge in [-0.1, -0.05) is 13.0 Å². The van der Waals surface area contributed by atoms with Crippen LogP contribution in [0.2, 0.25) is 0 Å². The molecule has 0 spiro atoms.